The lowest BCUT2D eigenvalue weighted by Gasteiger charge is -2.33. The molecular formula is C19H28F3N3O2. The lowest BCUT2D eigenvalue weighted by Crippen LogP contribution is -2.47. The molecule has 1 N–H and O–H groups in total. The highest BCUT2D eigenvalue weighted by Crippen LogP contribution is 2.29. The van der Waals surface area contributed by atoms with Crippen LogP contribution in [0, 0.1) is 5.92 Å². The maximum absolute atomic E-state index is 12.6. The number of hydrogen-bond donors (Lipinski definition) is 1. The molecule has 1 amide bonds. The van der Waals surface area contributed by atoms with Crippen LogP contribution in [0.25, 0.3) is 0 Å². The van der Waals surface area contributed by atoms with Gasteiger partial charge in [-0.3, -0.25) is 4.79 Å². The number of hydrogen-bond acceptors (Lipinski definition) is 4. The van der Waals surface area contributed by atoms with Crippen LogP contribution in [0.1, 0.15) is 45.6 Å². The topological polar surface area (TPSA) is 54.5 Å². The average molecular weight is 387 g/mol. The van der Waals surface area contributed by atoms with Gasteiger partial charge in [-0.1, -0.05) is 13.8 Å². The van der Waals surface area contributed by atoms with Crippen molar-refractivity contribution in [2.45, 2.75) is 58.4 Å². The van der Waals surface area contributed by atoms with Gasteiger partial charge in [-0.25, -0.2) is 4.98 Å². The Hall–Kier alpha value is -1.83. The van der Waals surface area contributed by atoms with E-state index in [1.54, 1.807) is 6.92 Å². The van der Waals surface area contributed by atoms with Crippen LogP contribution in [0.3, 0.4) is 0 Å². The molecule has 0 saturated carbocycles. The molecule has 0 bridgehead atoms. The fourth-order valence-electron chi connectivity index (χ4n) is 2.87. The lowest BCUT2D eigenvalue weighted by molar-refractivity contribution is -0.137. The first-order valence-electron chi connectivity index (χ1n) is 9.37. The monoisotopic (exact) mass is 387 g/mol. The molecule has 1 atom stereocenters. The van der Waals surface area contributed by atoms with E-state index >= 15 is 0 Å². The van der Waals surface area contributed by atoms with Crippen LogP contribution in [0.4, 0.5) is 19.0 Å². The number of amides is 1. The zero-order chi connectivity index (χ0) is 20.0. The first-order chi connectivity index (χ1) is 12.7. The fraction of sp³-hybridized carbons (Fsp3) is 0.684. The fourth-order valence-corrected chi connectivity index (χ4v) is 2.87. The third-order valence-corrected chi connectivity index (χ3v) is 4.67. The summed E-state index contributed by atoms with van der Waals surface area (Å²) in [5, 5.41) is 3.00. The van der Waals surface area contributed by atoms with Crippen LogP contribution < -0.4 is 10.2 Å². The largest absolute Gasteiger partial charge is 0.417 e. The molecule has 5 nitrogen and oxygen atoms in total. The molecule has 8 heteroatoms. The number of piperidine rings is 1. The molecule has 1 aromatic rings. The predicted octanol–water partition coefficient (Wildman–Crippen LogP) is 3.64. The second kappa shape index (κ2) is 9.39. The summed E-state index contributed by atoms with van der Waals surface area (Å²) in [5.74, 6) is 0.937. The smallest absolute Gasteiger partial charge is 0.369 e. The predicted molar refractivity (Wildman–Crippen MR) is 97.5 cm³/mol. The normalized spacial score (nSPS) is 17.2. The Morgan fingerprint density at radius 2 is 1.96 bits per heavy atom. The van der Waals surface area contributed by atoms with E-state index in [-0.39, 0.29) is 11.9 Å². The molecule has 0 aromatic carbocycles. The van der Waals surface area contributed by atoms with Gasteiger partial charge < -0.3 is 15.0 Å². The molecule has 27 heavy (non-hydrogen) atoms. The summed E-state index contributed by atoms with van der Waals surface area (Å²) in [6.45, 7) is 7.78. The second-order valence-corrected chi connectivity index (χ2v) is 7.37. The Labute approximate surface area is 158 Å². The van der Waals surface area contributed by atoms with Crippen molar-refractivity contribution in [2.75, 3.05) is 24.6 Å². The first-order valence-corrected chi connectivity index (χ1v) is 9.37. The minimum atomic E-state index is -4.38. The number of anilines is 1. The van der Waals surface area contributed by atoms with E-state index < -0.39 is 17.8 Å². The number of ether oxygens (including phenoxy) is 1. The molecular weight excluding hydrogens is 359 g/mol. The number of carbonyl (C=O) groups is 1. The van der Waals surface area contributed by atoms with Gasteiger partial charge in [-0.15, -0.1) is 0 Å². The van der Waals surface area contributed by atoms with Crippen molar-refractivity contribution in [2.24, 2.45) is 5.92 Å². The number of alkyl halides is 3. The van der Waals surface area contributed by atoms with Gasteiger partial charge in [0.2, 0.25) is 5.91 Å². The van der Waals surface area contributed by atoms with Crippen LogP contribution in [0.2, 0.25) is 0 Å². The van der Waals surface area contributed by atoms with Crippen LogP contribution in [0.15, 0.2) is 18.3 Å². The van der Waals surface area contributed by atoms with Crippen molar-refractivity contribution in [1.82, 2.24) is 10.3 Å². The Morgan fingerprint density at radius 1 is 1.30 bits per heavy atom. The van der Waals surface area contributed by atoms with Gasteiger partial charge in [0.1, 0.15) is 11.9 Å². The molecule has 0 aliphatic carbocycles. The van der Waals surface area contributed by atoms with Gasteiger partial charge in [0.25, 0.3) is 0 Å². The Kier molecular flexibility index (Phi) is 7.47. The van der Waals surface area contributed by atoms with Crippen molar-refractivity contribution in [3.8, 4) is 0 Å². The molecule has 0 spiro atoms. The Morgan fingerprint density at radius 3 is 2.48 bits per heavy atom. The minimum absolute atomic E-state index is 0.0411. The van der Waals surface area contributed by atoms with E-state index in [0.717, 1.165) is 18.7 Å². The third kappa shape index (κ3) is 6.68. The van der Waals surface area contributed by atoms with Crippen LogP contribution >= 0.6 is 0 Å². The van der Waals surface area contributed by atoms with Gasteiger partial charge in [-0.2, -0.15) is 13.2 Å². The Balaban J connectivity index is 1.77. The van der Waals surface area contributed by atoms with E-state index in [1.165, 1.54) is 6.07 Å². The van der Waals surface area contributed by atoms with Gasteiger partial charge in [0, 0.05) is 31.9 Å². The maximum atomic E-state index is 12.6. The molecule has 1 aliphatic rings. The van der Waals surface area contributed by atoms with Crippen molar-refractivity contribution in [3.05, 3.63) is 23.9 Å². The Bertz CT molecular complexity index is 597. The summed E-state index contributed by atoms with van der Waals surface area (Å²) in [4.78, 5) is 18.1. The third-order valence-electron chi connectivity index (χ3n) is 4.67. The molecule has 152 valence electrons. The quantitative estimate of drug-likeness (QED) is 0.776. The highest BCUT2D eigenvalue weighted by atomic mass is 19.4. The molecule has 1 aliphatic heterocycles. The van der Waals surface area contributed by atoms with Crippen LogP contribution in [-0.2, 0) is 15.7 Å². The summed E-state index contributed by atoms with van der Waals surface area (Å²) < 4.78 is 43.4. The number of nitrogens with one attached hydrogen (secondary N) is 1. The summed E-state index contributed by atoms with van der Waals surface area (Å²) in [5.41, 5.74) is -0.750. The average Bonchev–Trinajstić information content (AvgIpc) is 2.61. The highest BCUT2D eigenvalue weighted by molar-refractivity contribution is 5.80. The molecule has 2 heterocycles. The lowest BCUT2D eigenvalue weighted by atomic mass is 10.0. The van der Waals surface area contributed by atoms with Gasteiger partial charge in [0.05, 0.1) is 5.56 Å². The van der Waals surface area contributed by atoms with Gasteiger partial charge in [-0.05, 0) is 44.2 Å². The maximum Gasteiger partial charge on any atom is 0.417 e. The number of halogens is 3. The summed E-state index contributed by atoms with van der Waals surface area (Å²) in [7, 11) is 0. The highest BCUT2D eigenvalue weighted by Gasteiger charge is 2.31. The summed E-state index contributed by atoms with van der Waals surface area (Å²) in [6, 6.07) is 2.48. The van der Waals surface area contributed by atoms with Crippen molar-refractivity contribution < 1.29 is 22.7 Å². The van der Waals surface area contributed by atoms with E-state index in [1.807, 2.05) is 4.90 Å². The molecule has 1 aromatic heterocycles. The molecule has 1 fully saturated rings. The molecule has 1 unspecified atom stereocenters. The van der Waals surface area contributed by atoms with E-state index in [2.05, 4.69) is 24.1 Å². The number of rotatable bonds is 7. The number of carbonyl (C=O) groups excluding carboxylic acids is 1. The standard InChI is InChI=1S/C19H28F3N3O2/c1-13(2)8-11-27-14(3)18(26)24-16-6-9-25(10-7-16)17-5-4-15(12-23-17)19(20,21)22/h4-5,12-14,16H,6-11H2,1-3H3,(H,24,26). The number of aromatic nitrogens is 1. The van der Waals surface area contributed by atoms with Crippen molar-refractivity contribution >= 4 is 11.7 Å². The van der Waals surface area contributed by atoms with E-state index in [4.69, 9.17) is 4.74 Å². The summed E-state index contributed by atoms with van der Waals surface area (Å²) >= 11 is 0. The van der Waals surface area contributed by atoms with Crippen LogP contribution in [0.5, 0.6) is 0 Å². The zero-order valence-corrected chi connectivity index (χ0v) is 16.1. The van der Waals surface area contributed by atoms with E-state index in [9.17, 15) is 18.0 Å². The zero-order valence-electron chi connectivity index (χ0n) is 16.1. The second-order valence-electron chi connectivity index (χ2n) is 7.37. The number of pyridine rings is 1. The molecule has 0 radical (unpaired) electrons. The SMILES string of the molecule is CC(C)CCOC(C)C(=O)NC1CCN(c2ccc(C(F)(F)F)cn2)CC1. The molecule has 1 saturated heterocycles. The number of nitrogens with zero attached hydrogens (tertiary/aromatic N) is 2. The summed E-state index contributed by atoms with van der Waals surface area (Å²) in [6.07, 6.45) is -1.66. The molecule has 2 rings (SSSR count). The van der Waals surface area contributed by atoms with Crippen molar-refractivity contribution in [1.29, 1.82) is 0 Å². The van der Waals surface area contributed by atoms with Gasteiger partial charge >= 0.3 is 6.18 Å². The van der Waals surface area contributed by atoms with Crippen molar-refractivity contribution in [3.63, 3.8) is 0 Å². The minimum Gasteiger partial charge on any atom is -0.369 e. The van der Waals surface area contributed by atoms with Crippen LogP contribution in [-0.4, -0.2) is 42.7 Å². The van der Waals surface area contributed by atoms with E-state index in [0.29, 0.717) is 44.3 Å². The van der Waals surface area contributed by atoms with Gasteiger partial charge in [0.15, 0.2) is 0 Å². The first kappa shape index (κ1) is 21.5.